The summed E-state index contributed by atoms with van der Waals surface area (Å²) in [6.45, 7) is 3.19. The van der Waals surface area contributed by atoms with Crippen molar-refractivity contribution in [1.29, 1.82) is 0 Å². The Bertz CT molecular complexity index is 1950. The second-order valence-electron chi connectivity index (χ2n) is 12.3. The first kappa shape index (κ1) is 30.1. The molecule has 3 aliphatic rings. The minimum absolute atomic E-state index is 0.0331. The fourth-order valence-corrected chi connectivity index (χ4v) is 8.23. The summed E-state index contributed by atoms with van der Waals surface area (Å²) in [5.74, 6) is -1.88. The van der Waals surface area contributed by atoms with Crippen LogP contribution in [0.2, 0.25) is 0 Å². The molecule has 3 N–H and O–H groups in total. The van der Waals surface area contributed by atoms with E-state index in [0.29, 0.717) is 47.8 Å². The number of benzene rings is 2. The molecule has 3 saturated heterocycles. The summed E-state index contributed by atoms with van der Waals surface area (Å²) in [4.78, 5) is 15.6. The lowest BCUT2D eigenvalue weighted by Crippen LogP contribution is -2.43. The van der Waals surface area contributed by atoms with Crippen LogP contribution in [0.3, 0.4) is 0 Å². The highest BCUT2D eigenvalue weighted by molar-refractivity contribution is 7.86. The van der Waals surface area contributed by atoms with Crippen molar-refractivity contribution >= 4 is 31.9 Å². The van der Waals surface area contributed by atoms with Crippen LogP contribution < -0.4 is 9.88 Å². The number of aromatic nitrogens is 3. The molecule has 2 aromatic heterocycles. The molecular formula is C31H33F3N6O4S. The van der Waals surface area contributed by atoms with Crippen molar-refractivity contribution in [2.75, 3.05) is 32.8 Å². The predicted octanol–water partition coefficient (Wildman–Crippen LogP) is 4.34. The minimum Gasteiger partial charge on any atom is -0.508 e. The summed E-state index contributed by atoms with van der Waals surface area (Å²) in [5, 5.41) is 17.1. The first-order valence-electron chi connectivity index (χ1n) is 15.1. The van der Waals surface area contributed by atoms with Gasteiger partial charge < -0.3 is 9.84 Å². The van der Waals surface area contributed by atoms with E-state index in [1.807, 2.05) is 0 Å². The number of pyridine rings is 1. The van der Waals surface area contributed by atoms with E-state index >= 15 is 4.39 Å². The fraction of sp³-hybridized carbons (Fsp3) is 0.452. The van der Waals surface area contributed by atoms with Crippen LogP contribution in [-0.4, -0.2) is 82.2 Å². The van der Waals surface area contributed by atoms with Crippen LogP contribution in [0.5, 0.6) is 11.8 Å². The molecule has 3 atom stereocenters. The molecule has 3 aliphatic heterocycles. The summed E-state index contributed by atoms with van der Waals surface area (Å²) < 4.78 is 77.4. The maximum absolute atomic E-state index is 16.7. The van der Waals surface area contributed by atoms with E-state index in [4.69, 9.17) is 9.88 Å². The van der Waals surface area contributed by atoms with Crippen LogP contribution in [0.25, 0.3) is 32.9 Å². The van der Waals surface area contributed by atoms with Crippen molar-refractivity contribution in [3.8, 4) is 23.0 Å². The first-order valence-corrected chi connectivity index (χ1v) is 16.6. The van der Waals surface area contributed by atoms with Gasteiger partial charge in [-0.1, -0.05) is 13.0 Å². The molecule has 0 aliphatic carbocycles. The number of nitrogens with zero attached hydrogens (tertiary/aromatic N) is 5. The highest BCUT2D eigenvalue weighted by Gasteiger charge is 2.49. The van der Waals surface area contributed by atoms with Gasteiger partial charge in [0.05, 0.1) is 11.2 Å². The lowest BCUT2D eigenvalue weighted by atomic mass is 9.94. The van der Waals surface area contributed by atoms with E-state index in [9.17, 15) is 22.3 Å². The smallest absolute Gasteiger partial charge is 0.317 e. The van der Waals surface area contributed by atoms with Crippen LogP contribution in [0.15, 0.2) is 30.5 Å². The molecule has 3 fully saturated rings. The maximum atomic E-state index is 16.7. The van der Waals surface area contributed by atoms with E-state index in [-0.39, 0.29) is 53.6 Å². The second kappa shape index (κ2) is 11.0. The van der Waals surface area contributed by atoms with E-state index in [1.54, 1.807) is 6.92 Å². The molecular weight excluding hydrogens is 609 g/mol. The maximum Gasteiger partial charge on any atom is 0.317 e. The average Bonchev–Trinajstić information content (AvgIpc) is 3.71. The van der Waals surface area contributed by atoms with E-state index in [0.717, 1.165) is 23.7 Å². The molecule has 14 heteroatoms. The summed E-state index contributed by atoms with van der Waals surface area (Å²) in [6.07, 6.45) is 3.13. The standard InChI is InChI=1S/C31H33F3N6O4S/c1-2-21-24(33)5-4-17-10-20(41)11-22(25(17)21)28-26(34)29-23(13-36-28)27(18-6-9-40(14-18)45(35,42)43)37-30(38-29)44-16-31-7-3-8-39(31)15-19(32)12-31/h4-5,10-11,13,18-19,41H,2-3,6-9,12,14-16H2,1H3,(H2,35,42,43)/t18?,19-,31+/m1/s1. The minimum atomic E-state index is -3.96. The summed E-state index contributed by atoms with van der Waals surface area (Å²) in [5.41, 5.74) is 0.150. The van der Waals surface area contributed by atoms with Crippen LogP contribution >= 0.6 is 0 Å². The quantitative estimate of drug-likeness (QED) is 0.304. The first-order chi connectivity index (χ1) is 21.5. The Morgan fingerprint density at radius 2 is 2.00 bits per heavy atom. The number of alkyl halides is 1. The number of halogens is 3. The molecule has 0 radical (unpaired) electrons. The summed E-state index contributed by atoms with van der Waals surface area (Å²) >= 11 is 0. The Balaban J connectivity index is 1.37. The van der Waals surface area contributed by atoms with Crippen LogP contribution in [0, 0.1) is 11.6 Å². The number of ether oxygens (including phenoxy) is 1. The van der Waals surface area contributed by atoms with Crippen molar-refractivity contribution in [3.63, 3.8) is 0 Å². The Morgan fingerprint density at radius 1 is 1.18 bits per heavy atom. The normalized spacial score (nSPS) is 24.2. The number of aromatic hydroxyl groups is 1. The topological polar surface area (TPSA) is 135 Å². The zero-order chi connectivity index (χ0) is 31.7. The number of fused-ring (bicyclic) bond motifs is 3. The van der Waals surface area contributed by atoms with Crippen LogP contribution in [0.1, 0.15) is 49.8 Å². The SMILES string of the molecule is CCc1c(F)ccc2cc(O)cc(-c3ncc4c(C5CCN(S(N)(=O)=O)C5)nc(OC[C@@]56CCCN5C[C@H](F)C6)nc4c3F)c12. The van der Waals surface area contributed by atoms with Gasteiger partial charge in [-0.15, -0.1) is 0 Å². The van der Waals surface area contributed by atoms with Gasteiger partial charge in [0.1, 0.15) is 35.6 Å². The molecule has 45 heavy (non-hydrogen) atoms. The molecule has 5 heterocycles. The average molecular weight is 643 g/mol. The summed E-state index contributed by atoms with van der Waals surface area (Å²) in [6, 6.07) is 5.54. The zero-order valence-electron chi connectivity index (χ0n) is 24.6. The molecule has 7 rings (SSSR count). The van der Waals surface area contributed by atoms with Crippen molar-refractivity contribution in [2.24, 2.45) is 5.14 Å². The summed E-state index contributed by atoms with van der Waals surface area (Å²) in [7, 11) is -3.96. The Kier molecular flexibility index (Phi) is 7.38. The molecule has 0 spiro atoms. The molecule has 4 aromatic rings. The highest BCUT2D eigenvalue weighted by Crippen LogP contribution is 2.42. The predicted molar refractivity (Wildman–Crippen MR) is 162 cm³/mol. The van der Waals surface area contributed by atoms with Gasteiger partial charge in [-0.05, 0) is 66.8 Å². The van der Waals surface area contributed by atoms with Gasteiger partial charge in [0.15, 0.2) is 5.82 Å². The third-order valence-corrected chi connectivity index (χ3v) is 10.6. The van der Waals surface area contributed by atoms with E-state index in [1.165, 1.54) is 30.5 Å². The van der Waals surface area contributed by atoms with Gasteiger partial charge in [-0.2, -0.15) is 22.7 Å². The van der Waals surface area contributed by atoms with Crippen molar-refractivity contribution < 1.29 is 31.4 Å². The van der Waals surface area contributed by atoms with Crippen molar-refractivity contribution in [1.82, 2.24) is 24.2 Å². The molecule has 1 unspecified atom stereocenters. The van der Waals surface area contributed by atoms with Crippen molar-refractivity contribution in [3.05, 3.63) is 53.4 Å². The van der Waals surface area contributed by atoms with Gasteiger partial charge in [0.25, 0.3) is 10.2 Å². The lowest BCUT2D eigenvalue weighted by molar-refractivity contribution is 0.107. The number of hydrogen-bond acceptors (Lipinski definition) is 8. The van der Waals surface area contributed by atoms with Gasteiger partial charge in [-0.3, -0.25) is 9.88 Å². The number of aryl methyl sites for hydroxylation is 1. The van der Waals surface area contributed by atoms with E-state index < -0.39 is 39.5 Å². The third-order valence-electron chi connectivity index (χ3n) is 9.58. The number of rotatable bonds is 7. The number of nitrogens with two attached hydrogens (primary N) is 1. The number of phenolic OH excluding ortho intramolecular Hbond substituents is 1. The van der Waals surface area contributed by atoms with Crippen LogP contribution in [-0.2, 0) is 16.6 Å². The monoisotopic (exact) mass is 642 g/mol. The van der Waals surface area contributed by atoms with Crippen LogP contribution in [0.4, 0.5) is 13.2 Å². The molecule has 0 amide bonds. The van der Waals surface area contributed by atoms with Gasteiger partial charge >= 0.3 is 6.01 Å². The third kappa shape index (κ3) is 5.17. The number of phenols is 1. The Morgan fingerprint density at radius 3 is 2.76 bits per heavy atom. The van der Waals surface area contributed by atoms with Gasteiger partial charge in [-0.25, -0.2) is 18.3 Å². The van der Waals surface area contributed by atoms with Crippen molar-refractivity contribution in [2.45, 2.75) is 56.7 Å². The highest BCUT2D eigenvalue weighted by atomic mass is 32.2. The Labute approximate surface area is 258 Å². The molecule has 2 aromatic carbocycles. The molecule has 0 bridgehead atoms. The second-order valence-corrected chi connectivity index (χ2v) is 13.8. The van der Waals surface area contributed by atoms with Gasteiger partial charge in [0, 0.05) is 49.1 Å². The van der Waals surface area contributed by atoms with Gasteiger partial charge in [0.2, 0.25) is 0 Å². The van der Waals surface area contributed by atoms with E-state index in [2.05, 4.69) is 19.9 Å². The largest absolute Gasteiger partial charge is 0.508 e. The molecule has 0 saturated carbocycles. The lowest BCUT2D eigenvalue weighted by Gasteiger charge is -2.30. The zero-order valence-corrected chi connectivity index (χ0v) is 25.5. The molecule has 10 nitrogen and oxygen atoms in total. The molecule has 238 valence electrons. The fourth-order valence-electron chi connectivity index (χ4n) is 7.48. The Hall–Kier alpha value is -3.59. The number of hydrogen-bond donors (Lipinski definition) is 2.